The summed E-state index contributed by atoms with van der Waals surface area (Å²) >= 11 is 0. The molecular weight excluding hydrogens is 276 g/mol. The molecule has 0 aliphatic heterocycles. The fourth-order valence-electron chi connectivity index (χ4n) is 1.51. The number of amides is 1. The number of carbonyl (C=O) groups is 1. The van der Waals surface area contributed by atoms with E-state index in [0.717, 1.165) is 0 Å². The molecular formula is C13H20N4O4. The van der Waals surface area contributed by atoms with Crippen molar-refractivity contribution < 1.29 is 14.5 Å². The number of hydrogen-bond donors (Lipinski definition) is 2. The fourth-order valence-corrected chi connectivity index (χ4v) is 1.51. The number of aryl methyl sites for hydroxylation is 1. The number of carbonyl (C=O) groups excluding carboxylic acids is 1. The Hall–Kier alpha value is -2.38. The van der Waals surface area contributed by atoms with Crippen LogP contribution in [0.15, 0.2) is 12.3 Å². The van der Waals surface area contributed by atoms with Crippen LogP contribution < -0.4 is 10.6 Å². The van der Waals surface area contributed by atoms with Gasteiger partial charge in [0.25, 0.3) is 5.69 Å². The first kappa shape index (κ1) is 16.7. The monoisotopic (exact) mass is 296 g/mol. The summed E-state index contributed by atoms with van der Waals surface area (Å²) in [6, 6.07) is 1.59. The van der Waals surface area contributed by atoms with Crippen LogP contribution in [0, 0.1) is 17.0 Å². The van der Waals surface area contributed by atoms with Crippen LogP contribution in [0.1, 0.15) is 26.3 Å². The van der Waals surface area contributed by atoms with Crippen LogP contribution in [0.4, 0.5) is 16.3 Å². The lowest BCUT2D eigenvalue weighted by atomic mass is 10.2. The van der Waals surface area contributed by atoms with Gasteiger partial charge >= 0.3 is 6.09 Å². The fraction of sp³-hybridized carbons (Fsp3) is 0.538. The lowest BCUT2D eigenvalue weighted by molar-refractivity contribution is -0.385. The zero-order chi connectivity index (χ0) is 16.0. The SMILES string of the molecule is Cc1cc(NCCNC(=O)OC(C)(C)C)ncc1[N+](=O)[O-]. The Kier molecular flexibility index (Phi) is 5.45. The van der Waals surface area contributed by atoms with Crippen LogP contribution in [0.3, 0.4) is 0 Å². The molecule has 8 heteroatoms. The van der Waals surface area contributed by atoms with Crippen LogP contribution in [-0.4, -0.2) is 34.7 Å². The van der Waals surface area contributed by atoms with Gasteiger partial charge in [-0.25, -0.2) is 9.78 Å². The Balaban J connectivity index is 2.38. The number of alkyl carbamates (subject to hydrolysis) is 1. The second kappa shape index (κ2) is 6.87. The lowest BCUT2D eigenvalue weighted by Crippen LogP contribution is -2.35. The summed E-state index contributed by atoms with van der Waals surface area (Å²) in [7, 11) is 0. The summed E-state index contributed by atoms with van der Waals surface area (Å²) in [6.45, 7) is 7.79. The van der Waals surface area contributed by atoms with E-state index in [0.29, 0.717) is 24.5 Å². The maximum Gasteiger partial charge on any atom is 0.407 e. The molecule has 1 aromatic rings. The second-order valence-electron chi connectivity index (χ2n) is 5.47. The minimum atomic E-state index is -0.533. The highest BCUT2D eigenvalue weighted by atomic mass is 16.6. The maximum atomic E-state index is 11.4. The van der Waals surface area contributed by atoms with Crippen LogP contribution in [0.5, 0.6) is 0 Å². The van der Waals surface area contributed by atoms with Crippen molar-refractivity contribution in [1.82, 2.24) is 10.3 Å². The normalized spacial score (nSPS) is 10.9. The van der Waals surface area contributed by atoms with Crippen molar-refractivity contribution in [2.75, 3.05) is 18.4 Å². The standard InChI is InChI=1S/C13H20N4O4/c1-9-7-11(16-8-10(9)17(19)20)14-5-6-15-12(18)21-13(2,3)4/h7-8H,5-6H2,1-4H3,(H,14,16)(H,15,18). The average Bonchev–Trinajstić information content (AvgIpc) is 2.32. The molecule has 1 amide bonds. The van der Waals surface area contributed by atoms with Crippen molar-refractivity contribution >= 4 is 17.6 Å². The lowest BCUT2D eigenvalue weighted by Gasteiger charge is -2.19. The summed E-state index contributed by atoms with van der Waals surface area (Å²) in [6.07, 6.45) is 0.719. The van der Waals surface area contributed by atoms with Crippen LogP contribution in [0.25, 0.3) is 0 Å². The van der Waals surface area contributed by atoms with Gasteiger partial charge in [-0.05, 0) is 33.8 Å². The first-order chi connectivity index (χ1) is 9.69. The van der Waals surface area contributed by atoms with E-state index in [9.17, 15) is 14.9 Å². The van der Waals surface area contributed by atoms with Gasteiger partial charge in [-0.15, -0.1) is 0 Å². The molecule has 116 valence electrons. The molecule has 0 radical (unpaired) electrons. The number of anilines is 1. The number of aromatic nitrogens is 1. The van der Waals surface area contributed by atoms with Gasteiger partial charge < -0.3 is 15.4 Å². The second-order valence-corrected chi connectivity index (χ2v) is 5.47. The molecule has 0 saturated carbocycles. The van der Waals surface area contributed by atoms with Crippen molar-refractivity contribution in [3.8, 4) is 0 Å². The molecule has 1 aromatic heterocycles. The van der Waals surface area contributed by atoms with Crippen molar-refractivity contribution in [2.45, 2.75) is 33.3 Å². The molecule has 0 bridgehead atoms. The van der Waals surface area contributed by atoms with E-state index in [-0.39, 0.29) is 5.69 Å². The van der Waals surface area contributed by atoms with Gasteiger partial charge in [0.2, 0.25) is 0 Å². The molecule has 0 atom stereocenters. The number of nitrogens with one attached hydrogen (secondary N) is 2. The highest BCUT2D eigenvalue weighted by Crippen LogP contribution is 2.18. The molecule has 1 heterocycles. The molecule has 0 spiro atoms. The highest BCUT2D eigenvalue weighted by molar-refractivity contribution is 5.67. The van der Waals surface area contributed by atoms with Crippen LogP contribution in [0.2, 0.25) is 0 Å². The van der Waals surface area contributed by atoms with Crippen molar-refractivity contribution in [3.63, 3.8) is 0 Å². The molecule has 0 aliphatic rings. The molecule has 0 fully saturated rings. The number of hydrogen-bond acceptors (Lipinski definition) is 6. The summed E-state index contributed by atoms with van der Waals surface area (Å²) in [5, 5.41) is 16.2. The molecule has 1 rings (SSSR count). The summed E-state index contributed by atoms with van der Waals surface area (Å²) in [4.78, 5) is 25.5. The molecule has 8 nitrogen and oxygen atoms in total. The van der Waals surface area contributed by atoms with E-state index in [1.165, 1.54) is 6.20 Å². The van der Waals surface area contributed by atoms with Crippen molar-refractivity contribution in [3.05, 3.63) is 27.9 Å². The number of nitrogens with zero attached hydrogens (tertiary/aromatic N) is 2. The van der Waals surface area contributed by atoms with Gasteiger partial charge in [-0.3, -0.25) is 10.1 Å². The average molecular weight is 296 g/mol. The van der Waals surface area contributed by atoms with E-state index in [4.69, 9.17) is 4.74 Å². The molecule has 21 heavy (non-hydrogen) atoms. The van der Waals surface area contributed by atoms with Crippen molar-refractivity contribution in [1.29, 1.82) is 0 Å². The Labute approximate surface area is 123 Å². The van der Waals surface area contributed by atoms with E-state index in [1.807, 2.05) is 0 Å². The number of rotatable bonds is 5. The van der Waals surface area contributed by atoms with E-state index < -0.39 is 16.6 Å². The zero-order valence-corrected chi connectivity index (χ0v) is 12.6. The first-order valence-corrected chi connectivity index (χ1v) is 6.51. The molecule has 0 unspecified atom stereocenters. The van der Waals surface area contributed by atoms with Gasteiger partial charge in [0, 0.05) is 18.7 Å². The molecule has 0 aliphatic carbocycles. The van der Waals surface area contributed by atoms with Gasteiger partial charge in [0.1, 0.15) is 17.6 Å². The first-order valence-electron chi connectivity index (χ1n) is 6.51. The van der Waals surface area contributed by atoms with Gasteiger partial charge in [-0.2, -0.15) is 0 Å². The minimum absolute atomic E-state index is 0.0209. The van der Waals surface area contributed by atoms with Gasteiger partial charge in [-0.1, -0.05) is 0 Å². The number of nitro groups is 1. The van der Waals surface area contributed by atoms with Gasteiger partial charge in [0.05, 0.1) is 4.92 Å². The Morgan fingerprint density at radius 3 is 2.62 bits per heavy atom. The minimum Gasteiger partial charge on any atom is -0.444 e. The molecule has 2 N–H and O–H groups in total. The third-order valence-corrected chi connectivity index (χ3v) is 2.38. The maximum absolute atomic E-state index is 11.4. The predicted octanol–water partition coefficient (Wildman–Crippen LogP) is 2.23. The summed E-state index contributed by atoms with van der Waals surface area (Å²) in [5.74, 6) is 0.518. The summed E-state index contributed by atoms with van der Waals surface area (Å²) < 4.78 is 5.08. The summed E-state index contributed by atoms with van der Waals surface area (Å²) in [5.41, 5.74) is -0.0285. The molecule has 0 aromatic carbocycles. The van der Waals surface area contributed by atoms with E-state index in [1.54, 1.807) is 33.8 Å². The predicted molar refractivity (Wildman–Crippen MR) is 78.4 cm³/mol. The quantitative estimate of drug-likeness (QED) is 0.490. The van der Waals surface area contributed by atoms with Gasteiger partial charge in [0.15, 0.2) is 0 Å². The topological polar surface area (TPSA) is 106 Å². The zero-order valence-electron chi connectivity index (χ0n) is 12.6. The van der Waals surface area contributed by atoms with E-state index in [2.05, 4.69) is 15.6 Å². The van der Waals surface area contributed by atoms with Crippen LogP contribution in [-0.2, 0) is 4.74 Å². The van der Waals surface area contributed by atoms with E-state index >= 15 is 0 Å². The van der Waals surface area contributed by atoms with Crippen molar-refractivity contribution in [2.24, 2.45) is 0 Å². The smallest absolute Gasteiger partial charge is 0.407 e. The third-order valence-electron chi connectivity index (χ3n) is 2.38. The Morgan fingerprint density at radius 1 is 1.43 bits per heavy atom. The Bertz CT molecular complexity index is 525. The highest BCUT2D eigenvalue weighted by Gasteiger charge is 2.15. The third kappa shape index (κ3) is 6.07. The largest absolute Gasteiger partial charge is 0.444 e. The van der Waals surface area contributed by atoms with Crippen LogP contribution >= 0.6 is 0 Å². The Morgan fingerprint density at radius 2 is 2.10 bits per heavy atom. The molecule has 0 saturated heterocycles. The number of ether oxygens (including phenoxy) is 1. The number of pyridine rings is 1.